The number of nitrogens with zero attached hydrogens (tertiary/aromatic N) is 1. The summed E-state index contributed by atoms with van der Waals surface area (Å²) >= 11 is 6.26. The van der Waals surface area contributed by atoms with Crippen molar-refractivity contribution in [2.75, 3.05) is 7.11 Å². The van der Waals surface area contributed by atoms with Gasteiger partial charge in [-0.2, -0.15) is 0 Å². The highest BCUT2D eigenvalue weighted by Gasteiger charge is 2.09. The molecule has 4 aromatic rings. The Bertz CT molecular complexity index is 1240. The van der Waals surface area contributed by atoms with Crippen molar-refractivity contribution < 1.29 is 13.9 Å². The Morgan fingerprint density at radius 3 is 2.43 bits per heavy atom. The standard InChI is InChI=1S/C25H22ClNO3/c1-16(2)29-24-7-5-4-6-21(24)27-22-15-25(17-8-11-19(28-3)12-9-17)30-23-13-10-18(26)14-20(22)23/h4-16H,1-3H3. The van der Waals surface area contributed by atoms with Gasteiger partial charge < -0.3 is 13.9 Å². The van der Waals surface area contributed by atoms with Gasteiger partial charge in [-0.3, -0.25) is 0 Å². The Labute approximate surface area is 180 Å². The van der Waals surface area contributed by atoms with Crippen LogP contribution < -0.4 is 14.8 Å². The van der Waals surface area contributed by atoms with E-state index in [1.54, 1.807) is 7.11 Å². The molecular formula is C25H22ClNO3. The molecule has 152 valence electrons. The summed E-state index contributed by atoms with van der Waals surface area (Å²) in [6.07, 6.45) is 0.0492. The predicted octanol–water partition coefficient (Wildman–Crippen LogP) is 6.78. The molecule has 0 spiro atoms. The monoisotopic (exact) mass is 419 g/mol. The lowest BCUT2D eigenvalue weighted by Crippen LogP contribution is -2.07. The van der Waals surface area contributed by atoms with Gasteiger partial charge in [-0.15, -0.1) is 0 Å². The number of para-hydroxylation sites is 2. The van der Waals surface area contributed by atoms with E-state index in [-0.39, 0.29) is 6.10 Å². The molecule has 1 aromatic heterocycles. The lowest BCUT2D eigenvalue weighted by molar-refractivity contribution is 0.243. The summed E-state index contributed by atoms with van der Waals surface area (Å²) in [6.45, 7) is 3.99. The maximum absolute atomic E-state index is 6.26. The Morgan fingerprint density at radius 1 is 0.933 bits per heavy atom. The topological polar surface area (TPSA) is 44.0 Å². The molecule has 0 amide bonds. The Kier molecular flexibility index (Phi) is 5.77. The van der Waals surface area contributed by atoms with Gasteiger partial charge in [0.15, 0.2) is 0 Å². The highest BCUT2D eigenvalue weighted by Crippen LogP contribution is 2.29. The number of rotatable bonds is 5. The second kappa shape index (κ2) is 8.64. The Morgan fingerprint density at radius 2 is 1.70 bits per heavy atom. The summed E-state index contributed by atoms with van der Waals surface area (Å²) in [7, 11) is 1.65. The van der Waals surface area contributed by atoms with Crippen LogP contribution in [-0.2, 0) is 0 Å². The van der Waals surface area contributed by atoms with Crippen LogP contribution in [0.25, 0.3) is 22.3 Å². The van der Waals surface area contributed by atoms with Crippen LogP contribution in [0.5, 0.6) is 11.5 Å². The first-order valence-electron chi connectivity index (χ1n) is 9.72. The van der Waals surface area contributed by atoms with E-state index in [9.17, 15) is 0 Å². The molecule has 0 radical (unpaired) electrons. The van der Waals surface area contributed by atoms with Gasteiger partial charge in [0.2, 0.25) is 0 Å². The third-order valence-electron chi connectivity index (χ3n) is 4.55. The first-order valence-corrected chi connectivity index (χ1v) is 10.1. The van der Waals surface area contributed by atoms with Crippen molar-refractivity contribution in [2.45, 2.75) is 20.0 Å². The summed E-state index contributed by atoms with van der Waals surface area (Å²) in [6, 6.07) is 22.9. The predicted molar refractivity (Wildman–Crippen MR) is 121 cm³/mol. The van der Waals surface area contributed by atoms with E-state index < -0.39 is 0 Å². The number of fused-ring (bicyclic) bond motifs is 1. The summed E-state index contributed by atoms with van der Waals surface area (Å²) in [5, 5.41) is 2.21. The lowest BCUT2D eigenvalue weighted by Gasteiger charge is -2.12. The molecule has 0 atom stereocenters. The van der Waals surface area contributed by atoms with Crippen molar-refractivity contribution in [1.29, 1.82) is 0 Å². The van der Waals surface area contributed by atoms with E-state index in [0.29, 0.717) is 16.4 Å². The van der Waals surface area contributed by atoms with Crippen LogP contribution in [0, 0.1) is 0 Å². The zero-order valence-corrected chi connectivity index (χ0v) is 17.8. The molecule has 0 N–H and O–H groups in total. The minimum absolute atomic E-state index is 0.0492. The third kappa shape index (κ3) is 4.34. The van der Waals surface area contributed by atoms with Crippen LogP contribution >= 0.6 is 11.6 Å². The molecule has 30 heavy (non-hydrogen) atoms. The molecule has 0 aliphatic carbocycles. The molecule has 4 nitrogen and oxygen atoms in total. The van der Waals surface area contributed by atoms with Gasteiger partial charge in [-0.25, -0.2) is 4.99 Å². The summed E-state index contributed by atoms with van der Waals surface area (Å²) in [5.41, 5.74) is 2.38. The zero-order chi connectivity index (χ0) is 21.1. The molecule has 0 aliphatic heterocycles. The number of benzene rings is 3. The Hall–Kier alpha value is -3.24. The first kappa shape index (κ1) is 20.0. The minimum atomic E-state index is 0.0492. The molecule has 0 saturated carbocycles. The van der Waals surface area contributed by atoms with E-state index in [0.717, 1.165) is 33.5 Å². The highest BCUT2D eigenvalue weighted by molar-refractivity contribution is 6.31. The van der Waals surface area contributed by atoms with Crippen molar-refractivity contribution in [3.05, 3.63) is 83.2 Å². The number of methoxy groups -OCH3 is 1. The summed E-state index contributed by atoms with van der Waals surface area (Å²) in [5.74, 6) is 2.22. The first-order chi connectivity index (χ1) is 14.5. The van der Waals surface area contributed by atoms with E-state index >= 15 is 0 Å². The average molecular weight is 420 g/mol. The van der Waals surface area contributed by atoms with Crippen molar-refractivity contribution >= 4 is 28.3 Å². The smallest absolute Gasteiger partial charge is 0.145 e. The molecular weight excluding hydrogens is 398 g/mol. The number of hydrogen-bond donors (Lipinski definition) is 0. The molecule has 0 aliphatic rings. The zero-order valence-electron chi connectivity index (χ0n) is 17.1. The van der Waals surface area contributed by atoms with Gasteiger partial charge in [0, 0.05) is 22.0 Å². The fourth-order valence-electron chi connectivity index (χ4n) is 3.16. The van der Waals surface area contributed by atoms with E-state index in [1.165, 1.54) is 0 Å². The van der Waals surface area contributed by atoms with Crippen molar-refractivity contribution in [1.82, 2.24) is 0 Å². The molecule has 4 rings (SSSR count). The molecule has 0 unspecified atom stereocenters. The summed E-state index contributed by atoms with van der Waals surface area (Å²) in [4.78, 5) is 4.91. The van der Waals surface area contributed by atoms with Gasteiger partial charge in [0.05, 0.1) is 18.6 Å². The molecule has 1 heterocycles. The van der Waals surface area contributed by atoms with Gasteiger partial charge in [0.25, 0.3) is 0 Å². The number of ether oxygens (including phenoxy) is 2. The van der Waals surface area contributed by atoms with Crippen LogP contribution in [0.1, 0.15) is 13.8 Å². The second-order valence-corrected chi connectivity index (χ2v) is 7.55. The van der Waals surface area contributed by atoms with Crippen LogP contribution in [-0.4, -0.2) is 13.2 Å². The van der Waals surface area contributed by atoms with Crippen LogP contribution in [0.4, 0.5) is 5.69 Å². The maximum Gasteiger partial charge on any atom is 0.145 e. The highest BCUT2D eigenvalue weighted by atomic mass is 35.5. The minimum Gasteiger partial charge on any atom is -0.497 e. The van der Waals surface area contributed by atoms with E-state index in [1.807, 2.05) is 86.6 Å². The fourth-order valence-corrected chi connectivity index (χ4v) is 3.34. The fraction of sp³-hybridized carbons (Fsp3) is 0.160. The van der Waals surface area contributed by atoms with Gasteiger partial charge >= 0.3 is 0 Å². The van der Waals surface area contributed by atoms with Gasteiger partial charge in [-0.1, -0.05) is 23.7 Å². The molecule has 5 heteroatoms. The normalized spacial score (nSPS) is 11.8. The third-order valence-corrected chi connectivity index (χ3v) is 4.78. The van der Waals surface area contributed by atoms with E-state index in [4.69, 9.17) is 30.5 Å². The van der Waals surface area contributed by atoms with E-state index in [2.05, 4.69) is 0 Å². The average Bonchev–Trinajstić information content (AvgIpc) is 2.75. The Balaban J connectivity index is 1.94. The van der Waals surface area contributed by atoms with Crippen molar-refractivity contribution in [3.63, 3.8) is 0 Å². The SMILES string of the molecule is COc1ccc(-c2cc(=Nc3ccccc3OC(C)C)c3cc(Cl)ccc3o2)cc1. The molecule has 0 bridgehead atoms. The van der Waals surface area contributed by atoms with Crippen LogP contribution in [0.2, 0.25) is 5.02 Å². The number of halogens is 1. The molecule has 0 saturated heterocycles. The molecule has 0 fully saturated rings. The maximum atomic E-state index is 6.26. The lowest BCUT2D eigenvalue weighted by atomic mass is 10.1. The number of hydrogen-bond acceptors (Lipinski definition) is 4. The van der Waals surface area contributed by atoms with Crippen LogP contribution in [0.3, 0.4) is 0 Å². The van der Waals surface area contributed by atoms with Crippen molar-refractivity contribution in [3.8, 4) is 22.8 Å². The second-order valence-electron chi connectivity index (χ2n) is 7.11. The summed E-state index contributed by atoms with van der Waals surface area (Å²) < 4.78 is 17.4. The molecule has 3 aromatic carbocycles. The van der Waals surface area contributed by atoms with Crippen molar-refractivity contribution in [2.24, 2.45) is 4.99 Å². The van der Waals surface area contributed by atoms with Crippen LogP contribution in [0.15, 0.2) is 82.2 Å². The van der Waals surface area contributed by atoms with Gasteiger partial charge in [0.1, 0.15) is 28.5 Å². The quantitative estimate of drug-likeness (QED) is 0.358. The largest absolute Gasteiger partial charge is 0.497 e. The van der Waals surface area contributed by atoms with Gasteiger partial charge in [-0.05, 0) is 68.4 Å².